The quantitative estimate of drug-likeness (QED) is 0.150. The van der Waals surface area contributed by atoms with E-state index >= 15 is 0 Å². The van der Waals surface area contributed by atoms with Crippen LogP contribution < -0.4 is 15.1 Å². The lowest BCUT2D eigenvalue weighted by Gasteiger charge is -2.38. The van der Waals surface area contributed by atoms with Gasteiger partial charge in [-0.1, -0.05) is 35.3 Å². The number of hydrogen-bond donors (Lipinski definition) is 1. The van der Waals surface area contributed by atoms with E-state index in [1.54, 1.807) is 47.4 Å². The summed E-state index contributed by atoms with van der Waals surface area (Å²) in [5.74, 6) is -9.84. The smallest absolute Gasteiger partial charge is 0.291 e. The zero-order valence-electron chi connectivity index (χ0n) is 19.9. The van der Waals surface area contributed by atoms with Gasteiger partial charge in [0.25, 0.3) is 5.91 Å². The van der Waals surface area contributed by atoms with Gasteiger partial charge in [0.1, 0.15) is 11.4 Å². The van der Waals surface area contributed by atoms with Gasteiger partial charge in [-0.05, 0) is 42.5 Å². The van der Waals surface area contributed by atoms with E-state index < -0.39 is 40.7 Å². The third-order valence-electron chi connectivity index (χ3n) is 6.27. The second-order valence-electron chi connectivity index (χ2n) is 8.69. The fourth-order valence-corrected chi connectivity index (χ4v) is 4.82. The summed E-state index contributed by atoms with van der Waals surface area (Å²) in [4.78, 5) is 15.6. The van der Waals surface area contributed by atoms with Crippen molar-refractivity contribution < 1.29 is 31.2 Å². The lowest BCUT2D eigenvalue weighted by molar-refractivity contribution is 0.0997. The maximum absolute atomic E-state index is 14.2. The topological polar surface area (TPSA) is 48.7 Å². The van der Waals surface area contributed by atoms with Crippen LogP contribution in [0.5, 0.6) is 0 Å². The summed E-state index contributed by atoms with van der Waals surface area (Å²) in [5, 5.41) is 3.53. The fraction of sp³-hybridized carbons (Fsp3) is 0.148. The highest BCUT2D eigenvalue weighted by atomic mass is 35.5. The van der Waals surface area contributed by atoms with Crippen molar-refractivity contribution in [2.45, 2.75) is 0 Å². The molecule has 5 nitrogen and oxygen atoms in total. The normalized spacial score (nSPS) is 13.6. The van der Waals surface area contributed by atoms with E-state index in [2.05, 4.69) is 5.32 Å². The molecular formula is C27H18Cl2F5N3O2. The number of carbonyl (C=O) groups excluding carboxylic acids is 1. The third-order valence-corrected chi connectivity index (χ3v) is 6.81. The Morgan fingerprint density at radius 3 is 2.05 bits per heavy atom. The zero-order valence-corrected chi connectivity index (χ0v) is 21.4. The van der Waals surface area contributed by atoms with Gasteiger partial charge < -0.3 is 19.5 Å². The number of rotatable bonds is 5. The molecule has 0 atom stereocenters. The number of halogens is 7. The van der Waals surface area contributed by atoms with Gasteiger partial charge in [0.15, 0.2) is 29.0 Å². The van der Waals surface area contributed by atoms with Crippen LogP contribution in [0.1, 0.15) is 10.6 Å². The van der Waals surface area contributed by atoms with E-state index in [-0.39, 0.29) is 37.0 Å². The highest BCUT2D eigenvalue weighted by Gasteiger charge is 2.31. The lowest BCUT2D eigenvalue weighted by atomic mass is 10.2. The molecule has 202 valence electrons. The predicted molar refractivity (Wildman–Crippen MR) is 139 cm³/mol. The van der Waals surface area contributed by atoms with Crippen molar-refractivity contribution in [2.75, 3.05) is 41.3 Å². The first-order valence-electron chi connectivity index (χ1n) is 11.6. The van der Waals surface area contributed by atoms with E-state index in [1.165, 1.54) is 12.1 Å². The van der Waals surface area contributed by atoms with Crippen LogP contribution >= 0.6 is 23.2 Å². The molecule has 12 heteroatoms. The van der Waals surface area contributed by atoms with Crippen LogP contribution in [0.15, 0.2) is 59.0 Å². The van der Waals surface area contributed by atoms with Crippen molar-refractivity contribution in [3.8, 4) is 11.3 Å². The molecule has 4 aromatic rings. The molecule has 1 fully saturated rings. The Labute approximate surface area is 229 Å². The van der Waals surface area contributed by atoms with Crippen LogP contribution in [0.3, 0.4) is 0 Å². The van der Waals surface area contributed by atoms with Gasteiger partial charge in [-0.25, -0.2) is 22.0 Å². The van der Waals surface area contributed by atoms with Crippen molar-refractivity contribution in [1.82, 2.24) is 0 Å². The molecule has 39 heavy (non-hydrogen) atoms. The van der Waals surface area contributed by atoms with Crippen LogP contribution in [0, 0.1) is 29.1 Å². The largest absolute Gasteiger partial charge is 0.451 e. The Hall–Kier alpha value is -3.76. The minimum absolute atomic E-state index is 0.0133. The van der Waals surface area contributed by atoms with Crippen molar-refractivity contribution in [1.29, 1.82) is 0 Å². The van der Waals surface area contributed by atoms with Crippen molar-refractivity contribution in [3.05, 3.63) is 99.5 Å². The highest BCUT2D eigenvalue weighted by Crippen LogP contribution is 2.34. The molecule has 1 aliphatic rings. The molecule has 0 aliphatic carbocycles. The number of benzene rings is 3. The van der Waals surface area contributed by atoms with E-state index in [1.807, 2.05) is 0 Å². The molecule has 0 radical (unpaired) electrons. The van der Waals surface area contributed by atoms with E-state index in [0.717, 1.165) is 4.90 Å². The molecule has 1 saturated heterocycles. The van der Waals surface area contributed by atoms with Gasteiger partial charge in [0, 0.05) is 42.5 Å². The maximum Gasteiger partial charge on any atom is 0.291 e. The first-order valence-corrected chi connectivity index (χ1v) is 12.4. The van der Waals surface area contributed by atoms with Crippen LogP contribution in [-0.2, 0) is 0 Å². The van der Waals surface area contributed by atoms with Gasteiger partial charge in [-0.2, -0.15) is 0 Å². The molecular weight excluding hydrogens is 564 g/mol. The Kier molecular flexibility index (Phi) is 7.42. The number of nitrogens with zero attached hydrogens (tertiary/aromatic N) is 2. The van der Waals surface area contributed by atoms with E-state index in [9.17, 15) is 26.7 Å². The lowest BCUT2D eigenvalue weighted by Crippen LogP contribution is -2.47. The second kappa shape index (κ2) is 10.8. The molecule has 5 rings (SSSR count). The molecule has 3 aromatic carbocycles. The number of carbonyl (C=O) groups is 1. The minimum Gasteiger partial charge on any atom is -0.451 e. The summed E-state index contributed by atoms with van der Waals surface area (Å²) >= 11 is 12.5. The monoisotopic (exact) mass is 581 g/mol. The highest BCUT2D eigenvalue weighted by molar-refractivity contribution is 6.33. The number of piperazine rings is 1. The first-order chi connectivity index (χ1) is 18.6. The Balaban J connectivity index is 1.25. The van der Waals surface area contributed by atoms with Crippen molar-refractivity contribution >= 4 is 46.2 Å². The summed E-state index contributed by atoms with van der Waals surface area (Å²) in [6.07, 6.45) is 0. The standard InChI is InChI=1S/C27H18Cl2F5N3O2/c28-15-3-1-2-14(12-15)19-6-7-20(39-19)27(38)35-16-4-5-18(17(29)13-16)36-8-10-37(11-9-36)26-24(33)22(31)21(30)23(32)25(26)34/h1-7,12-13H,8-11H2,(H,35,38). The maximum atomic E-state index is 14.2. The summed E-state index contributed by atoms with van der Waals surface area (Å²) in [6.45, 7) is 0.369. The Bertz CT molecular complexity index is 1540. The average molecular weight is 582 g/mol. The van der Waals surface area contributed by atoms with Gasteiger partial charge >= 0.3 is 0 Å². The first kappa shape index (κ1) is 26.8. The summed E-state index contributed by atoms with van der Waals surface area (Å²) in [5.41, 5.74) is 0.739. The molecule has 1 amide bonds. The van der Waals surface area contributed by atoms with Crippen LogP contribution in [0.2, 0.25) is 10.0 Å². The Morgan fingerprint density at radius 1 is 0.769 bits per heavy atom. The number of hydrogen-bond acceptors (Lipinski definition) is 4. The van der Waals surface area contributed by atoms with E-state index in [0.29, 0.717) is 27.7 Å². The number of anilines is 3. The van der Waals surface area contributed by atoms with Crippen molar-refractivity contribution in [3.63, 3.8) is 0 Å². The van der Waals surface area contributed by atoms with Gasteiger partial charge in [-0.3, -0.25) is 4.79 Å². The number of furan rings is 1. The second-order valence-corrected chi connectivity index (χ2v) is 9.53. The third kappa shape index (κ3) is 5.26. The minimum atomic E-state index is -2.19. The van der Waals surface area contributed by atoms with Crippen molar-refractivity contribution in [2.24, 2.45) is 0 Å². The van der Waals surface area contributed by atoms with Gasteiger partial charge in [0.2, 0.25) is 5.82 Å². The van der Waals surface area contributed by atoms with Crippen LogP contribution in [0.25, 0.3) is 11.3 Å². The molecule has 1 aromatic heterocycles. The molecule has 2 heterocycles. The Morgan fingerprint density at radius 2 is 1.41 bits per heavy atom. The zero-order chi connectivity index (χ0) is 27.8. The molecule has 0 unspecified atom stereocenters. The number of nitrogens with one attached hydrogen (secondary N) is 1. The average Bonchev–Trinajstić information content (AvgIpc) is 3.42. The molecule has 1 N–H and O–H groups in total. The molecule has 1 aliphatic heterocycles. The predicted octanol–water partition coefficient (Wildman–Crippen LogP) is 7.53. The summed E-state index contributed by atoms with van der Waals surface area (Å²) in [7, 11) is 0. The van der Waals surface area contributed by atoms with Crippen LogP contribution in [0.4, 0.5) is 39.0 Å². The SMILES string of the molecule is O=C(Nc1ccc(N2CCN(c3c(F)c(F)c(F)c(F)c3F)CC2)c(Cl)c1)c1ccc(-c2cccc(Cl)c2)o1. The number of amides is 1. The summed E-state index contributed by atoms with van der Waals surface area (Å²) < 4.78 is 74.7. The molecule has 0 saturated carbocycles. The van der Waals surface area contributed by atoms with E-state index in [4.69, 9.17) is 27.6 Å². The van der Waals surface area contributed by atoms with Gasteiger partial charge in [0.05, 0.1) is 10.7 Å². The van der Waals surface area contributed by atoms with Gasteiger partial charge in [-0.15, -0.1) is 0 Å². The molecule has 0 bridgehead atoms. The molecule has 0 spiro atoms. The fourth-order valence-electron chi connectivity index (χ4n) is 4.33. The van der Waals surface area contributed by atoms with Crippen LogP contribution in [-0.4, -0.2) is 32.1 Å². The summed E-state index contributed by atoms with van der Waals surface area (Å²) in [6, 6.07) is 15.0.